The fourth-order valence-electron chi connectivity index (χ4n) is 1.82. The lowest BCUT2D eigenvalue weighted by atomic mass is 10.0. The van der Waals surface area contributed by atoms with Crippen LogP contribution < -0.4 is 4.74 Å². The standard InChI is InChI=1S/C16H18O/c1-12-9-10-16(14(3)13(12)2)17-11-15-7-5-4-6-8-15/h4-10H,11H2,1-3H3. The quantitative estimate of drug-likeness (QED) is 0.762. The van der Waals surface area contributed by atoms with Crippen molar-refractivity contribution in [2.45, 2.75) is 27.4 Å². The van der Waals surface area contributed by atoms with Crippen molar-refractivity contribution in [2.75, 3.05) is 0 Å². The maximum absolute atomic E-state index is 5.86. The van der Waals surface area contributed by atoms with E-state index in [9.17, 15) is 0 Å². The van der Waals surface area contributed by atoms with Gasteiger partial charge in [-0.3, -0.25) is 0 Å². The highest BCUT2D eigenvalue weighted by Gasteiger charge is 2.04. The van der Waals surface area contributed by atoms with Gasteiger partial charge in [-0.25, -0.2) is 0 Å². The van der Waals surface area contributed by atoms with Gasteiger partial charge in [0.2, 0.25) is 0 Å². The molecule has 0 atom stereocenters. The van der Waals surface area contributed by atoms with Crippen molar-refractivity contribution in [1.82, 2.24) is 0 Å². The second-order valence-corrected chi connectivity index (χ2v) is 4.40. The molecule has 2 aromatic carbocycles. The van der Waals surface area contributed by atoms with Crippen LogP contribution in [0.4, 0.5) is 0 Å². The Hall–Kier alpha value is -1.76. The predicted molar refractivity (Wildman–Crippen MR) is 71.4 cm³/mol. The average molecular weight is 226 g/mol. The molecule has 0 N–H and O–H groups in total. The minimum Gasteiger partial charge on any atom is -0.489 e. The van der Waals surface area contributed by atoms with Crippen LogP contribution in [0.3, 0.4) is 0 Å². The van der Waals surface area contributed by atoms with Gasteiger partial charge in [-0.1, -0.05) is 36.4 Å². The topological polar surface area (TPSA) is 9.23 Å². The van der Waals surface area contributed by atoms with Crippen LogP contribution in [0.1, 0.15) is 22.3 Å². The fourth-order valence-corrected chi connectivity index (χ4v) is 1.82. The molecule has 0 saturated carbocycles. The van der Waals surface area contributed by atoms with Gasteiger partial charge in [-0.15, -0.1) is 0 Å². The Morgan fingerprint density at radius 2 is 1.53 bits per heavy atom. The second-order valence-electron chi connectivity index (χ2n) is 4.40. The smallest absolute Gasteiger partial charge is 0.122 e. The van der Waals surface area contributed by atoms with Crippen LogP contribution in [0, 0.1) is 20.8 Å². The molecule has 1 nitrogen and oxygen atoms in total. The predicted octanol–water partition coefficient (Wildman–Crippen LogP) is 4.19. The number of hydrogen-bond donors (Lipinski definition) is 0. The molecule has 0 amide bonds. The largest absolute Gasteiger partial charge is 0.489 e. The summed E-state index contributed by atoms with van der Waals surface area (Å²) in [7, 11) is 0. The summed E-state index contributed by atoms with van der Waals surface area (Å²) < 4.78 is 5.86. The van der Waals surface area contributed by atoms with Crippen molar-refractivity contribution in [3.8, 4) is 5.75 Å². The van der Waals surface area contributed by atoms with E-state index in [1.165, 1.54) is 22.3 Å². The van der Waals surface area contributed by atoms with E-state index >= 15 is 0 Å². The Labute approximate surface area is 103 Å². The zero-order chi connectivity index (χ0) is 12.3. The number of aryl methyl sites for hydroxylation is 1. The number of hydrogen-bond acceptors (Lipinski definition) is 1. The zero-order valence-electron chi connectivity index (χ0n) is 10.7. The van der Waals surface area contributed by atoms with E-state index in [0.717, 1.165) is 5.75 Å². The highest BCUT2D eigenvalue weighted by molar-refractivity contribution is 5.43. The summed E-state index contributed by atoms with van der Waals surface area (Å²) in [6.45, 7) is 7.01. The molecule has 0 aliphatic rings. The maximum atomic E-state index is 5.86. The molecule has 88 valence electrons. The molecule has 0 aromatic heterocycles. The van der Waals surface area contributed by atoms with E-state index in [4.69, 9.17) is 4.74 Å². The van der Waals surface area contributed by atoms with Crippen molar-refractivity contribution < 1.29 is 4.74 Å². The molecular formula is C16H18O. The van der Waals surface area contributed by atoms with Crippen LogP contribution in [0.15, 0.2) is 42.5 Å². The molecule has 2 aromatic rings. The first-order chi connectivity index (χ1) is 8.18. The lowest BCUT2D eigenvalue weighted by Gasteiger charge is -2.12. The Kier molecular flexibility index (Phi) is 3.48. The minimum atomic E-state index is 0.629. The van der Waals surface area contributed by atoms with Crippen LogP contribution in [0.2, 0.25) is 0 Å². The monoisotopic (exact) mass is 226 g/mol. The SMILES string of the molecule is Cc1ccc(OCc2ccccc2)c(C)c1C. The van der Waals surface area contributed by atoms with Gasteiger partial charge in [-0.05, 0) is 49.1 Å². The molecule has 0 saturated heterocycles. The van der Waals surface area contributed by atoms with Crippen molar-refractivity contribution in [3.05, 3.63) is 64.7 Å². The highest BCUT2D eigenvalue weighted by Crippen LogP contribution is 2.24. The van der Waals surface area contributed by atoms with Gasteiger partial charge in [0, 0.05) is 0 Å². The van der Waals surface area contributed by atoms with Crippen molar-refractivity contribution in [3.63, 3.8) is 0 Å². The first kappa shape index (κ1) is 11.7. The van der Waals surface area contributed by atoms with Crippen molar-refractivity contribution >= 4 is 0 Å². The van der Waals surface area contributed by atoms with Gasteiger partial charge in [0.05, 0.1) is 0 Å². The first-order valence-corrected chi connectivity index (χ1v) is 5.92. The molecule has 1 heteroatoms. The summed E-state index contributed by atoms with van der Waals surface area (Å²) in [6, 6.07) is 14.4. The van der Waals surface area contributed by atoms with E-state index in [1.807, 2.05) is 18.2 Å². The molecule has 0 spiro atoms. The summed E-state index contributed by atoms with van der Waals surface area (Å²) in [5, 5.41) is 0. The third-order valence-electron chi connectivity index (χ3n) is 3.25. The third-order valence-corrected chi connectivity index (χ3v) is 3.25. The Morgan fingerprint density at radius 1 is 0.824 bits per heavy atom. The fraction of sp³-hybridized carbons (Fsp3) is 0.250. The van der Waals surface area contributed by atoms with Gasteiger partial charge in [0.25, 0.3) is 0 Å². The second kappa shape index (κ2) is 5.05. The van der Waals surface area contributed by atoms with Crippen LogP contribution in [-0.4, -0.2) is 0 Å². The summed E-state index contributed by atoms with van der Waals surface area (Å²) in [4.78, 5) is 0. The van der Waals surface area contributed by atoms with Crippen molar-refractivity contribution in [1.29, 1.82) is 0 Å². The lowest BCUT2D eigenvalue weighted by Crippen LogP contribution is -1.98. The Bertz CT molecular complexity index is 500. The Morgan fingerprint density at radius 3 is 2.24 bits per heavy atom. The number of ether oxygens (including phenoxy) is 1. The molecule has 0 heterocycles. The molecular weight excluding hydrogens is 208 g/mol. The van der Waals surface area contributed by atoms with Crippen LogP contribution in [-0.2, 0) is 6.61 Å². The van der Waals surface area contributed by atoms with E-state index in [2.05, 4.69) is 45.0 Å². The van der Waals surface area contributed by atoms with Gasteiger partial charge in [0.1, 0.15) is 12.4 Å². The summed E-state index contributed by atoms with van der Waals surface area (Å²) in [5.74, 6) is 0.983. The van der Waals surface area contributed by atoms with Gasteiger partial charge in [-0.2, -0.15) is 0 Å². The Balaban J connectivity index is 2.13. The van der Waals surface area contributed by atoms with E-state index in [1.54, 1.807) is 0 Å². The molecule has 2 rings (SSSR count). The van der Waals surface area contributed by atoms with Gasteiger partial charge < -0.3 is 4.74 Å². The maximum Gasteiger partial charge on any atom is 0.122 e. The average Bonchev–Trinajstić information content (AvgIpc) is 2.36. The van der Waals surface area contributed by atoms with E-state index in [-0.39, 0.29) is 0 Å². The molecule has 0 unspecified atom stereocenters. The van der Waals surface area contributed by atoms with Gasteiger partial charge >= 0.3 is 0 Å². The van der Waals surface area contributed by atoms with Crippen molar-refractivity contribution in [2.24, 2.45) is 0 Å². The molecule has 0 aliphatic heterocycles. The zero-order valence-corrected chi connectivity index (χ0v) is 10.7. The molecule has 0 fully saturated rings. The highest BCUT2D eigenvalue weighted by atomic mass is 16.5. The summed E-state index contributed by atoms with van der Waals surface area (Å²) in [5.41, 5.74) is 5.07. The molecule has 17 heavy (non-hydrogen) atoms. The van der Waals surface area contributed by atoms with Crippen LogP contribution in [0.25, 0.3) is 0 Å². The number of benzene rings is 2. The third kappa shape index (κ3) is 2.68. The van der Waals surface area contributed by atoms with E-state index in [0.29, 0.717) is 6.61 Å². The number of rotatable bonds is 3. The summed E-state index contributed by atoms with van der Waals surface area (Å²) >= 11 is 0. The van der Waals surface area contributed by atoms with Crippen LogP contribution >= 0.6 is 0 Å². The van der Waals surface area contributed by atoms with E-state index < -0.39 is 0 Å². The summed E-state index contributed by atoms with van der Waals surface area (Å²) in [6.07, 6.45) is 0. The first-order valence-electron chi connectivity index (χ1n) is 5.92. The molecule has 0 bridgehead atoms. The normalized spacial score (nSPS) is 10.3. The molecule has 0 aliphatic carbocycles. The van der Waals surface area contributed by atoms with Gasteiger partial charge in [0.15, 0.2) is 0 Å². The minimum absolute atomic E-state index is 0.629. The lowest BCUT2D eigenvalue weighted by molar-refractivity contribution is 0.304. The van der Waals surface area contributed by atoms with Crippen LogP contribution in [0.5, 0.6) is 5.75 Å². The molecule has 0 radical (unpaired) electrons.